The lowest BCUT2D eigenvalue weighted by Crippen LogP contribution is -1.86. The Hall–Kier alpha value is -2.09. The molecule has 0 aliphatic carbocycles. The maximum Gasteiger partial charge on any atom is 0.103 e. The summed E-state index contributed by atoms with van der Waals surface area (Å²) in [6.45, 7) is 15.3. The molecule has 0 heterocycles. The molecule has 0 unspecified atom stereocenters. The molecule has 0 atom stereocenters. The Kier molecular flexibility index (Phi) is 9.81. The summed E-state index contributed by atoms with van der Waals surface area (Å²) in [5.41, 5.74) is 1.53. The zero-order chi connectivity index (χ0) is 14.5. The van der Waals surface area contributed by atoms with E-state index < -0.39 is 0 Å². The Morgan fingerprint density at radius 3 is 2.53 bits per heavy atom. The molecule has 0 N–H and O–H groups in total. The van der Waals surface area contributed by atoms with Crippen molar-refractivity contribution in [3.63, 3.8) is 0 Å². The SMILES string of the molecule is C=CO/C(=C/C=C(\C=C)C(=C)N=C/C=C\C)CCC. The molecule has 0 rings (SSSR count). The summed E-state index contributed by atoms with van der Waals surface area (Å²) in [7, 11) is 0. The van der Waals surface area contributed by atoms with Crippen molar-refractivity contribution in [2.75, 3.05) is 0 Å². The van der Waals surface area contributed by atoms with Gasteiger partial charge in [0.25, 0.3) is 0 Å². The number of hydrogen-bond acceptors (Lipinski definition) is 2. The van der Waals surface area contributed by atoms with E-state index in [1.807, 2.05) is 31.2 Å². The number of allylic oxidation sites excluding steroid dienone is 6. The highest BCUT2D eigenvalue weighted by molar-refractivity contribution is 5.72. The molecule has 0 spiro atoms. The second-order valence-corrected chi connectivity index (χ2v) is 3.74. The zero-order valence-corrected chi connectivity index (χ0v) is 11.9. The van der Waals surface area contributed by atoms with Crippen LogP contribution < -0.4 is 0 Å². The molecule has 2 heteroatoms. The van der Waals surface area contributed by atoms with Gasteiger partial charge in [-0.1, -0.05) is 38.8 Å². The molecule has 0 saturated heterocycles. The van der Waals surface area contributed by atoms with Crippen LogP contribution in [0, 0.1) is 0 Å². The van der Waals surface area contributed by atoms with Crippen molar-refractivity contribution in [1.29, 1.82) is 0 Å². The molecule has 0 saturated carbocycles. The molecule has 19 heavy (non-hydrogen) atoms. The first-order valence-electron chi connectivity index (χ1n) is 6.35. The van der Waals surface area contributed by atoms with E-state index in [0.29, 0.717) is 5.70 Å². The number of hydrogen-bond donors (Lipinski definition) is 0. The molecule has 0 aromatic carbocycles. The fourth-order valence-electron chi connectivity index (χ4n) is 1.29. The van der Waals surface area contributed by atoms with Gasteiger partial charge in [-0.2, -0.15) is 0 Å². The Balaban J connectivity index is 4.95. The van der Waals surface area contributed by atoms with Gasteiger partial charge in [-0.05, 0) is 37.1 Å². The summed E-state index contributed by atoms with van der Waals surface area (Å²) < 4.78 is 5.32. The van der Waals surface area contributed by atoms with E-state index in [0.717, 1.165) is 24.2 Å². The summed E-state index contributed by atoms with van der Waals surface area (Å²) in [4.78, 5) is 4.22. The third-order valence-electron chi connectivity index (χ3n) is 2.24. The first-order valence-corrected chi connectivity index (χ1v) is 6.35. The number of rotatable bonds is 9. The number of ether oxygens (including phenoxy) is 1. The molecule has 2 nitrogen and oxygen atoms in total. The molecule has 0 aromatic rings. The van der Waals surface area contributed by atoms with Gasteiger partial charge >= 0.3 is 0 Å². The van der Waals surface area contributed by atoms with Crippen molar-refractivity contribution in [1.82, 2.24) is 0 Å². The Labute approximate surface area is 116 Å². The van der Waals surface area contributed by atoms with Crippen molar-refractivity contribution in [3.05, 3.63) is 73.4 Å². The van der Waals surface area contributed by atoms with E-state index in [-0.39, 0.29) is 0 Å². The summed E-state index contributed by atoms with van der Waals surface area (Å²) >= 11 is 0. The Morgan fingerprint density at radius 2 is 2.00 bits per heavy atom. The van der Waals surface area contributed by atoms with Crippen LogP contribution in [0.4, 0.5) is 0 Å². The molecular weight excluding hydrogens is 234 g/mol. The van der Waals surface area contributed by atoms with Gasteiger partial charge in [0.1, 0.15) is 5.76 Å². The third-order valence-corrected chi connectivity index (χ3v) is 2.24. The van der Waals surface area contributed by atoms with Crippen LogP contribution in [0.15, 0.2) is 78.4 Å². The van der Waals surface area contributed by atoms with Crippen molar-refractivity contribution >= 4 is 6.21 Å². The minimum absolute atomic E-state index is 0.666. The van der Waals surface area contributed by atoms with Crippen LogP contribution >= 0.6 is 0 Å². The minimum Gasteiger partial charge on any atom is -0.470 e. The molecule has 0 radical (unpaired) electrons. The van der Waals surface area contributed by atoms with Gasteiger partial charge in [0, 0.05) is 12.6 Å². The quantitative estimate of drug-likeness (QED) is 0.320. The first-order chi connectivity index (χ1) is 9.19. The van der Waals surface area contributed by atoms with Gasteiger partial charge in [-0.3, -0.25) is 4.99 Å². The fourth-order valence-corrected chi connectivity index (χ4v) is 1.29. The van der Waals surface area contributed by atoms with Gasteiger partial charge in [-0.25, -0.2) is 0 Å². The largest absolute Gasteiger partial charge is 0.470 e. The summed E-state index contributed by atoms with van der Waals surface area (Å²) in [5.74, 6) is 0.863. The molecule has 0 bridgehead atoms. The van der Waals surface area contributed by atoms with Crippen molar-refractivity contribution in [2.24, 2.45) is 4.99 Å². The number of nitrogens with zero attached hydrogens (tertiary/aromatic N) is 1. The van der Waals surface area contributed by atoms with Crippen LogP contribution in [0.2, 0.25) is 0 Å². The smallest absolute Gasteiger partial charge is 0.103 e. The van der Waals surface area contributed by atoms with Gasteiger partial charge in [0.2, 0.25) is 0 Å². The lowest BCUT2D eigenvalue weighted by molar-refractivity contribution is 0.334. The lowest BCUT2D eigenvalue weighted by Gasteiger charge is -2.04. The second kappa shape index (κ2) is 11.0. The molecular formula is C17H23NO. The summed E-state index contributed by atoms with van der Waals surface area (Å²) in [5, 5.41) is 0. The Morgan fingerprint density at radius 1 is 1.26 bits per heavy atom. The Bertz CT molecular complexity index is 423. The maximum atomic E-state index is 5.32. The van der Waals surface area contributed by atoms with Gasteiger partial charge in [0.05, 0.1) is 12.0 Å². The van der Waals surface area contributed by atoms with Crippen LogP contribution in [-0.4, -0.2) is 6.21 Å². The molecule has 102 valence electrons. The van der Waals surface area contributed by atoms with E-state index in [1.54, 1.807) is 12.3 Å². The van der Waals surface area contributed by atoms with E-state index in [4.69, 9.17) is 4.74 Å². The van der Waals surface area contributed by atoms with Gasteiger partial charge in [0.15, 0.2) is 0 Å². The normalized spacial score (nSPS) is 12.9. The van der Waals surface area contributed by atoms with Crippen molar-refractivity contribution in [3.8, 4) is 0 Å². The van der Waals surface area contributed by atoms with Crippen LogP contribution in [0.1, 0.15) is 26.7 Å². The third kappa shape index (κ3) is 7.77. The van der Waals surface area contributed by atoms with Gasteiger partial charge in [-0.15, -0.1) is 0 Å². The predicted molar refractivity (Wildman–Crippen MR) is 85.0 cm³/mol. The highest BCUT2D eigenvalue weighted by atomic mass is 16.5. The van der Waals surface area contributed by atoms with Crippen LogP contribution in [0.3, 0.4) is 0 Å². The van der Waals surface area contributed by atoms with E-state index >= 15 is 0 Å². The van der Waals surface area contributed by atoms with E-state index in [1.165, 1.54) is 6.26 Å². The second-order valence-electron chi connectivity index (χ2n) is 3.74. The first kappa shape index (κ1) is 16.9. The van der Waals surface area contributed by atoms with Gasteiger partial charge < -0.3 is 4.74 Å². The number of aliphatic imine (C=N–C) groups is 1. The average molecular weight is 257 g/mol. The standard InChI is InChI=1S/C17H23NO/c1-6-10-14-18-15(5)16(8-3)12-13-17(11-7-2)19-9-4/h6,8-10,12-14H,3-5,7,11H2,1-2H3/b10-6-,16-12+,17-13+,18-14?. The topological polar surface area (TPSA) is 21.6 Å². The molecule has 0 fully saturated rings. The monoisotopic (exact) mass is 257 g/mol. The average Bonchev–Trinajstić information content (AvgIpc) is 2.40. The maximum absolute atomic E-state index is 5.32. The molecule has 0 aliphatic rings. The zero-order valence-electron chi connectivity index (χ0n) is 11.9. The van der Waals surface area contributed by atoms with E-state index in [2.05, 4.69) is 31.7 Å². The van der Waals surface area contributed by atoms with Crippen LogP contribution in [0.5, 0.6) is 0 Å². The predicted octanol–water partition coefficient (Wildman–Crippen LogP) is 5.10. The van der Waals surface area contributed by atoms with E-state index in [9.17, 15) is 0 Å². The molecule has 0 amide bonds. The highest BCUT2D eigenvalue weighted by Gasteiger charge is 1.97. The summed E-state index contributed by atoms with van der Waals surface area (Å²) in [6.07, 6.45) is 14.3. The fraction of sp³-hybridized carbons (Fsp3) is 0.235. The molecule has 0 aliphatic heterocycles. The lowest BCUT2D eigenvalue weighted by atomic mass is 10.1. The van der Waals surface area contributed by atoms with Crippen LogP contribution in [0.25, 0.3) is 0 Å². The van der Waals surface area contributed by atoms with Crippen LogP contribution in [-0.2, 0) is 4.74 Å². The minimum atomic E-state index is 0.666. The summed E-state index contributed by atoms with van der Waals surface area (Å²) in [6, 6.07) is 0. The highest BCUT2D eigenvalue weighted by Crippen LogP contribution is 2.13. The van der Waals surface area contributed by atoms with Crippen molar-refractivity contribution in [2.45, 2.75) is 26.7 Å². The van der Waals surface area contributed by atoms with Crippen molar-refractivity contribution < 1.29 is 4.74 Å². The molecule has 0 aromatic heterocycles.